The fourth-order valence-electron chi connectivity index (χ4n) is 1.16. The number of carbonyl (C=O) groups is 2. The topological polar surface area (TPSA) is 86.6 Å². The Morgan fingerprint density at radius 3 is 2.24 bits per heavy atom. The Morgan fingerprint density at radius 1 is 1.12 bits per heavy atom. The van der Waals surface area contributed by atoms with Crippen molar-refractivity contribution in [2.45, 2.75) is 13.2 Å². The molecule has 0 radical (unpaired) electrons. The van der Waals surface area contributed by atoms with Gasteiger partial charge in [-0.15, -0.1) is 0 Å². The fraction of sp³-hybridized carbons (Fsp3) is 0.167. The number of hydrogen-bond donors (Lipinski definition) is 3. The molecule has 0 heterocycles. The molecule has 17 heavy (non-hydrogen) atoms. The van der Waals surface area contributed by atoms with Crippen LogP contribution < -0.4 is 5.32 Å². The molecule has 0 bridgehead atoms. The van der Waals surface area contributed by atoms with E-state index in [9.17, 15) is 9.59 Å². The summed E-state index contributed by atoms with van der Waals surface area (Å²) in [7, 11) is 0. The summed E-state index contributed by atoms with van der Waals surface area (Å²) >= 11 is 0. The molecule has 1 amide bonds. The molecule has 0 aliphatic carbocycles. The molecule has 0 aromatic heterocycles. The Bertz CT molecular complexity index is 423. The maximum absolute atomic E-state index is 11.1. The lowest BCUT2D eigenvalue weighted by Gasteiger charge is -2.03. The maximum Gasteiger partial charge on any atom is 0.328 e. The van der Waals surface area contributed by atoms with Gasteiger partial charge >= 0.3 is 5.97 Å². The molecule has 0 saturated heterocycles. The van der Waals surface area contributed by atoms with E-state index < -0.39 is 11.9 Å². The predicted octanol–water partition coefficient (Wildman–Crippen LogP) is 0.436. The molecule has 0 atom stereocenters. The number of aliphatic carboxylic acids is 1. The van der Waals surface area contributed by atoms with Crippen LogP contribution in [0.3, 0.4) is 0 Å². The first-order chi connectivity index (χ1) is 8.11. The average Bonchev–Trinajstić information content (AvgIpc) is 2.34. The molecular formula is C12H13NO4. The van der Waals surface area contributed by atoms with E-state index in [0.717, 1.165) is 23.3 Å². The molecule has 0 fully saturated rings. The highest BCUT2D eigenvalue weighted by Crippen LogP contribution is 2.03. The molecule has 1 aromatic rings. The summed E-state index contributed by atoms with van der Waals surface area (Å²) in [4.78, 5) is 21.3. The number of aliphatic hydroxyl groups excluding tert-OH is 1. The maximum atomic E-state index is 11.1. The van der Waals surface area contributed by atoms with Gasteiger partial charge in [0.25, 0.3) is 0 Å². The molecular weight excluding hydrogens is 222 g/mol. The molecule has 0 unspecified atom stereocenters. The zero-order chi connectivity index (χ0) is 12.7. The monoisotopic (exact) mass is 235 g/mol. The Morgan fingerprint density at radius 2 is 1.71 bits per heavy atom. The van der Waals surface area contributed by atoms with Gasteiger partial charge in [0.1, 0.15) is 0 Å². The molecule has 90 valence electrons. The normalized spacial score (nSPS) is 10.4. The van der Waals surface area contributed by atoms with Crippen molar-refractivity contribution in [3.05, 3.63) is 47.5 Å². The first-order valence-electron chi connectivity index (χ1n) is 4.99. The van der Waals surface area contributed by atoms with Gasteiger partial charge in [0, 0.05) is 18.7 Å². The Hall–Kier alpha value is -2.14. The number of carboxylic acid groups (broad SMARTS) is 1. The van der Waals surface area contributed by atoms with Crippen molar-refractivity contribution >= 4 is 11.9 Å². The number of rotatable bonds is 5. The Kier molecular flexibility index (Phi) is 4.90. The third-order valence-electron chi connectivity index (χ3n) is 2.05. The van der Waals surface area contributed by atoms with Crippen molar-refractivity contribution in [2.24, 2.45) is 0 Å². The van der Waals surface area contributed by atoms with Gasteiger partial charge in [0.2, 0.25) is 5.91 Å². The van der Waals surface area contributed by atoms with E-state index >= 15 is 0 Å². The number of carbonyl (C=O) groups excluding carboxylic acids is 1. The quantitative estimate of drug-likeness (QED) is 0.646. The number of benzene rings is 1. The van der Waals surface area contributed by atoms with Crippen LogP contribution in [0.25, 0.3) is 0 Å². The van der Waals surface area contributed by atoms with Crippen LogP contribution in [-0.4, -0.2) is 22.1 Å². The van der Waals surface area contributed by atoms with Gasteiger partial charge in [-0.3, -0.25) is 4.79 Å². The van der Waals surface area contributed by atoms with E-state index in [2.05, 4.69) is 5.32 Å². The number of hydrogen-bond acceptors (Lipinski definition) is 3. The average molecular weight is 235 g/mol. The third-order valence-corrected chi connectivity index (χ3v) is 2.05. The highest BCUT2D eigenvalue weighted by atomic mass is 16.4. The minimum atomic E-state index is -1.16. The molecule has 0 spiro atoms. The zero-order valence-corrected chi connectivity index (χ0v) is 9.09. The lowest BCUT2D eigenvalue weighted by Crippen LogP contribution is -2.20. The molecule has 5 heteroatoms. The van der Waals surface area contributed by atoms with Crippen LogP contribution in [0, 0.1) is 0 Å². The van der Waals surface area contributed by atoms with Crippen molar-refractivity contribution in [2.75, 3.05) is 0 Å². The Balaban J connectivity index is 2.44. The predicted molar refractivity (Wildman–Crippen MR) is 61.0 cm³/mol. The second-order valence-electron chi connectivity index (χ2n) is 3.36. The number of carboxylic acids is 1. The number of aliphatic hydroxyl groups is 1. The van der Waals surface area contributed by atoms with Crippen LogP contribution in [0.1, 0.15) is 11.1 Å². The summed E-state index contributed by atoms with van der Waals surface area (Å²) in [6, 6.07) is 7.09. The standard InChI is InChI=1S/C12H13NO4/c14-8-10-3-1-9(2-4-10)7-13-11(15)5-6-12(16)17/h1-6,14H,7-8H2,(H,13,15)(H,16,17)/b6-5+. The van der Waals surface area contributed by atoms with Crippen LogP contribution in [0.4, 0.5) is 0 Å². The molecule has 5 nitrogen and oxygen atoms in total. The van der Waals surface area contributed by atoms with Gasteiger partial charge in [0.05, 0.1) is 6.61 Å². The first kappa shape index (κ1) is 12.9. The van der Waals surface area contributed by atoms with Gasteiger partial charge in [-0.25, -0.2) is 4.79 Å². The van der Waals surface area contributed by atoms with Gasteiger partial charge in [-0.2, -0.15) is 0 Å². The number of amides is 1. The van der Waals surface area contributed by atoms with E-state index in [1.54, 1.807) is 24.3 Å². The second-order valence-corrected chi connectivity index (χ2v) is 3.36. The summed E-state index contributed by atoms with van der Waals surface area (Å²) in [6.07, 6.45) is 1.74. The van der Waals surface area contributed by atoms with E-state index in [1.165, 1.54) is 0 Å². The van der Waals surface area contributed by atoms with Crippen LogP contribution in [0.15, 0.2) is 36.4 Å². The fourth-order valence-corrected chi connectivity index (χ4v) is 1.16. The van der Waals surface area contributed by atoms with Gasteiger partial charge in [-0.05, 0) is 11.1 Å². The third kappa shape index (κ3) is 4.94. The Labute approximate surface area is 98.4 Å². The van der Waals surface area contributed by atoms with E-state index in [-0.39, 0.29) is 6.61 Å². The van der Waals surface area contributed by atoms with Crippen molar-refractivity contribution < 1.29 is 19.8 Å². The summed E-state index contributed by atoms with van der Waals surface area (Å²) in [5.41, 5.74) is 1.67. The highest BCUT2D eigenvalue weighted by Gasteiger charge is 1.98. The van der Waals surface area contributed by atoms with Gasteiger partial charge in [0.15, 0.2) is 0 Å². The molecule has 1 rings (SSSR count). The lowest BCUT2D eigenvalue weighted by atomic mass is 10.1. The molecule has 1 aromatic carbocycles. The van der Waals surface area contributed by atoms with Crippen molar-refractivity contribution in [1.82, 2.24) is 5.32 Å². The minimum absolute atomic E-state index is 0.0199. The van der Waals surface area contributed by atoms with Gasteiger partial charge in [-0.1, -0.05) is 24.3 Å². The largest absolute Gasteiger partial charge is 0.478 e. The summed E-state index contributed by atoms with van der Waals surface area (Å²) in [6.45, 7) is 0.294. The minimum Gasteiger partial charge on any atom is -0.478 e. The smallest absolute Gasteiger partial charge is 0.328 e. The molecule has 3 N–H and O–H groups in total. The van der Waals surface area contributed by atoms with Gasteiger partial charge < -0.3 is 15.5 Å². The first-order valence-corrected chi connectivity index (χ1v) is 4.99. The SMILES string of the molecule is O=C(O)/C=C/C(=O)NCc1ccc(CO)cc1. The van der Waals surface area contributed by atoms with E-state index in [0.29, 0.717) is 6.54 Å². The van der Waals surface area contributed by atoms with Crippen molar-refractivity contribution in [3.8, 4) is 0 Å². The summed E-state index contributed by atoms with van der Waals surface area (Å²) in [5, 5.41) is 19.7. The van der Waals surface area contributed by atoms with Crippen molar-refractivity contribution in [3.63, 3.8) is 0 Å². The van der Waals surface area contributed by atoms with Crippen LogP contribution >= 0.6 is 0 Å². The summed E-state index contributed by atoms with van der Waals surface area (Å²) in [5.74, 6) is -1.62. The van der Waals surface area contributed by atoms with Crippen LogP contribution in [0.2, 0.25) is 0 Å². The second kappa shape index (κ2) is 6.44. The molecule has 0 aliphatic heterocycles. The zero-order valence-electron chi connectivity index (χ0n) is 9.09. The van der Waals surface area contributed by atoms with Crippen LogP contribution in [-0.2, 0) is 22.7 Å². The number of nitrogens with one attached hydrogen (secondary N) is 1. The summed E-state index contributed by atoms with van der Waals surface area (Å²) < 4.78 is 0. The van der Waals surface area contributed by atoms with Crippen molar-refractivity contribution in [1.29, 1.82) is 0 Å². The molecule has 0 saturated carbocycles. The highest BCUT2D eigenvalue weighted by molar-refractivity contribution is 5.93. The van der Waals surface area contributed by atoms with E-state index in [1.807, 2.05) is 0 Å². The lowest BCUT2D eigenvalue weighted by molar-refractivity contribution is -0.131. The van der Waals surface area contributed by atoms with Crippen LogP contribution in [0.5, 0.6) is 0 Å². The van der Waals surface area contributed by atoms with E-state index in [4.69, 9.17) is 10.2 Å². The molecule has 0 aliphatic rings.